The first-order valence-electron chi connectivity index (χ1n) is 11.9. The molecule has 1 aromatic carbocycles. The van der Waals surface area contributed by atoms with E-state index in [1.165, 1.54) is 25.8 Å². The van der Waals surface area contributed by atoms with Crippen LogP contribution < -0.4 is 4.74 Å². The number of fused-ring (bicyclic) bond motifs is 1. The number of aromatic nitrogens is 6. The van der Waals surface area contributed by atoms with Gasteiger partial charge in [0.05, 0.1) is 6.04 Å². The molecule has 37 heavy (non-hydrogen) atoms. The van der Waals surface area contributed by atoms with Crippen LogP contribution in [0.2, 0.25) is 0 Å². The fourth-order valence-electron chi connectivity index (χ4n) is 4.07. The fraction of sp³-hybridized carbons (Fsp3) is 0.400. The van der Waals surface area contributed by atoms with Gasteiger partial charge in [-0.15, -0.1) is 0 Å². The van der Waals surface area contributed by atoms with E-state index in [2.05, 4.69) is 29.8 Å². The summed E-state index contributed by atoms with van der Waals surface area (Å²) < 4.78 is 65.1. The van der Waals surface area contributed by atoms with Crippen LogP contribution in [0.25, 0.3) is 22.4 Å². The van der Waals surface area contributed by atoms with E-state index in [-0.39, 0.29) is 34.0 Å². The first-order chi connectivity index (χ1) is 17.9. The first kappa shape index (κ1) is 25.0. The van der Waals surface area contributed by atoms with Gasteiger partial charge in [0, 0.05) is 43.2 Å². The van der Waals surface area contributed by atoms with Gasteiger partial charge in [0.2, 0.25) is 5.88 Å². The maximum atomic E-state index is 14.5. The smallest absolute Gasteiger partial charge is 0.388 e. The van der Waals surface area contributed by atoms with Gasteiger partial charge in [-0.1, -0.05) is 0 Å². The predicted molar refractivity (Wildman–Crippen MR) is 125 cm³/mol. The van der Waals surface area contributed by atoms with Crippen LogP contribution in [0.3, 0.4) is 0 Å². The molecule has 2 aliphatic rings. The Morgan fingerprint density at radius 2 is 1.81 bits per heavy atom. The summed E-state index contributed by atoms with van der Waals surface area (Å²) in [5.74, 6) is -1.62. The van der Waals surface area contributed by atoms with E-state index in [1.807, 2.05) is 23.1 Å². The Kier molecular flexibility index (Phi) is 7.26. The molecule has 0 atom stereocenters. The van der Waals surface area contributed by atoms with Crippen molar-refractivity contribution in [1.82, 2.24) is 29.7 Å². The molecule has 12 heteroatoms. The van der Waals surface area contributed by atoms with Crippen LogP contribution in [0.5, 0.6) is 5.88 Å². The number of ether oxygens (including phenoxy) is 2. The number of benzene rings is 1. The largest absolute Gasteiger partial charge is 0.415 e. The van der Waals surface area contributed by atoms with Crippen LogP contribution in [0, 0.1) is 18.6 Å². The lowest BCUT2D eigenvalue weighted by Crippen LogP contribution is -2.17. The number of halogens is 4. The zero-order valence-corrected chi connectivity index (χ0v) is 20.0. The molecule has 0 N–H and O–H groups in total. The SMILES string of the molecule is Cc1nc2nc(C3CCOCC3)nc(-c3ccc(F)cc3F)c2nc1OC(F)F.c1cnn(C2CC2)c1. The second-order valence-corrected chi connectivity index (χ2v) is 8.82. The van der Waals surface area contributed by atoms with Crippen molar-refractivity contribution in [3.05, 3.63) is 59.8 Å². The quantitative estimate of drug-likeness (QED) is 0.329. The first-order valence-corrected chi connectivity index (χ1v) is 11.9. The number of rotatable bonds is 5. The van der Waals surface area contributed by atoms with Crippen LogP contribution in [0.1, 0.15) is 49.2 Å². The third-order valence-electron chi connectivity index (χ3n) is 6.10. The molecule has 8 nitrogen and oxygen atoms in total. The molecule has 0 spiro atoms. The second kappa shape index (κ2) is 10.8. The Morgan fingerprint density at radius 1 is 1.03 bits per heavy atom. The van der Waals surface area contributed by atoms with Gasteiger partial charge >= 0.3 is 6.61 Å². The Bertz CT molecular complexity index is 1380. The third kappa shape index (κ3) is 5.85. The minimum Gasteiger partial charge on any atom is -0.415 e. The Labute approximate surface area is 209 Å². The van der Waals surface area contributed by atoms with Crippen LogP contribution >= 0.6 is 0 Å². The molecule has 4 aromatic rings. The Morgan fingerprint density at radius 3 is 2.46 bits per heavy atom. The monoisotopic (exact) mass is 516 g/mol. The van der Waals surface area contributed by atoms with Crippen LogP contribution in [0.15, 0.2) is 36.7 Å². The summed E-state index contributed by atoms with van der Waals surface area (Å²) in [7, 11) is 0. The zero-order chi connectivity index (χ0) is 25.9. The standard InChI is InChI=1S/C19H16F4N4O2.C6H8N2/c1-9-18(29-19(22)23)26-15-14(12-3-2-11(20)8-13(12)21)25-16(27-17(15)24-9)10-4-6-28-7-5-10;1-4-7-8(5-1)6-2-3-6/h2-3,8,10,19H,4-7H2,1H3;1,4-6H,2-3H2. The van der Waals surface area contributed by atoms with E-state index in [4.69, 9.17) is 4.74 Å². The maximum absolute atomic E-state index is 14.5. The summed E-state index contributed by atoms with van der Waals surface area (Å²) >= 11 is 0. The van der Waals surface area contributed by atoms with Crippen molar-refractivity contribution >= 4 is 11.2 Å². The lowest BCUT2D eigenvalue weighted by atomic mass is 9.99. The number of nitrogens with zero attached hydrogens (tertiary/aromatic N) is 6. The van der Waals surface area contributed by atoms with Crippen molar-refractivity contribution in [2.75, 3.05) is 13.2 Å². The lowest BCUT2D eigenvalue weighted by Gasteiger charge is -2.21. The molecule has 194 valence electrons. The van der Waals surface area contributed by atoms with Crippen molar-refractivity contribution in [2.24, 2.45) is 0 Å². The van der Waals surface area contributed by atoms with E-state index in [1.54, 1.807) is 0 Å². The van der Waals surface area contributed by atoms with E-state index in [9.17, 15) is 17.6 Å². The van der Waals surface area contributed by atoms with Crippen LogP contribution in [-0.2, 0) is 4.74 Å². The Hall–Kier alpha value is -3.67. The lowest BCUT2D eigenvalue weighted by molar-refractivity contribution is -0.0534. The molecule has 0 unspecified atom stereocenters. The van der Waals surface area contributed by atoms with Gasteiger partial charge in [-0.05, 0) is 50.8 Å². The van der Waals surface area contributed by atoms with E-state index in [0.29, 0.717) is 31.9 Å². The van der Waals surface area contributed by atoms with Crippen molar-refractivity contribution in [1.29, 1.82) is 0 Å². The van der Waals surface area contributed by atoms with Gasteiger partial charge in [-0.2, -0.15) is 13.9 Å². The summed E-state index contributed by atoms with van der Waals surface area (Å²) in [6.45, 7) is -0.566. The topological polar surface area (TPSA) is 87.8 Å². The average molecular weight is 516 g/mol. The number of hydrogen-bond donors (Lipinski definition) is 0. The summed E-state index contributed by atoms with van der Waals surface area (Å²) in [6, 6.07) is 5.73. The van der Waals surface area contributed by atoms with Gasteiger partial charge in [0.1, 0.15) is 34.4 Å². The third-order valence-corrected chi connectivity index (χ3v) is 6.10. The highest BCUT2D eigenvalue weighted by Gasteiger charge is 2.25. The maximum Gasteiger partial charge on any atom is 0.388 e. The molecule has 4 heterocycles. The van der Waals surface area contributed by atoms with Crippen LogP contribution in [0.4, 0.5) is 17.6 Å². The molecule has 0 radical (unpaired) electrons. The van der Waals surface area contributed by atoms with Crippen LogP contribution in [-0.4, -0.2) is 49.5 Å². The number of alkyl halides is 2. The minimum absolute atomic E-state index is 0.00688. The highest BCUT2D eigenvalue weighted by atomic mass is 19.3. The van der Waals surface area contributed by atoms with E-state index >= 15 is 0 Å². The highest BCUT2D eigenvalue weighted by molar-refractivity contribution is 5.87. The molecule has 0 bridgehead atoms. The van der Waals surface area contributed by atoms with Gasteiger partial charge in [-0.25, -0.2) is 28.7 Å². The molecule has 1 aliphatic carbocycles. The summed E-state index contributed by atoms with van der Waals surface area (Å²) in [5.41, 5.74) is 0.237. The molecule has 6 rings (SSSR count). The van der Waals surface area contributed by atoms with Gasteiger partial charge in [0.15, 0.2) is 5.65 Å². The van der Waals surface area contributed by atoms with E-state index in [0.717, 1.165) is 18.2 Å². The van der Waals surface area contributed by atoms with Crippen molar-refractivity contribution in [2.45, 2.75) is 51.2 Å². The molecule has 3 aromatic heterocycles. The van der Waals surface area contributed by atoms with Gasteiger partial charge in [0.25, 0.3) is 0 Å². The van der Waals surface area contributed by atoms with Gasteiger partial charge in [-0.3, -0.25) is 4.68 Å². The molecule has 2 fully saturated rings. The molecular weight excluding hydrogens is 492 g/mol. The van der Waals surface area contributed by atoms with Crippen molar-refractivity contribution < 1.29 is 27.0 Å². The zero-order valence-electron chi connectivity index (χ0n) is 20.0. The number of aryl methyl sites for hydroxylation is 1. The molecular formula is C25H24F4N6O2. The van der Waals surface area contributed by atoms with Crippen molar-refractivity contribution in [3.8, 4) is 17.1 Å². The summed E-state index contributed by atoms with van der Waals surface area (Å²) in [4.78, 5) is 17.2. The Balaban J connectivity index is 0.000000295. The second-order valence-electron chi connectivity index (χ2n) is 8.82. The number of hydrogen-bond acceptors (Lipinski definition) is 7. The molecule has 1 aliphatic heterocycles. The minimum atomic E-state index is -3.10. The summed E-state index contributed by atoms with van der Waals surface area (Å²) in [6.07, 6.45) is 7.85. The average Bonchev–Trinajstić information content (AvgIpc) is 3.58. The van der Waals surface area contributed by atoms with Gasteiger partial charge < -0.3 is 9.47 Å². The molecule has 0 amide bonds. The molecule has 1 saturated heterocycles. The fourth-order valence-corrected chi connectivity index (χ4v) is 4.07. The normalized spacial score (nSPS) is 16.1. The predicted octanol–water partition coefficient (Wildman–Crippen LogP) is 5.39. The van der Waals surface area contributed by atoms with Crippen molar-refractivity contribution in [3.63, 3.8) is 0 Å². The summed E-state index contributed by atoms with van der Waals surface area (Å²) in [5, 5.41) is 4.09. The van der Waals surface area contributed by atoms with E-state index < -0.39 is 24.1 Å². The highest BCUT2D eigenvalue weighted by Crippen LogP contribution is 2.34. The molecule has 1 saturated carbocycles.